The third-order valence-electron chi connectivity index (χ3n) is 4.77. The quantitative estimate of drug-likeness (QED) is 0.723. The molecule has 0 spiro atoms. The molecule has 0 bridgehead atoms. The lowest BCUT2D eigenvalue weighted by Gasteiger charge is -2.26. The molecule has 1 atom stereocenters. The number of hydrogen-bond acceptors (Lipinski definition) is 5. The first-order valence-corrected chi connectivity index (χ1v) is 9.32. The minimum atomic E-state index is -0.943. The molecule has 28 heavy (non-hydrogen) atoms. The molecule has 1 unspecified atom stereocenters. The molecule has 3 rings (SSSR count). The summed E-state index contributed by atoms with van der Waals surface area (Å²) >= 11 is 0. The lowest BCUT2D eigenvalue weighted by molar-refractivity contribution is -0.134. The second kappa shape index (κ2) is 8.10. The van der Waals surface area contributed by atoms with Crippen LogP contribution in [0.1, 0.15) is 38.1 Å². The maximum Gasteiger partial charge on any atom is 0.256 e. The van der Waals surface area contributed by atoms with Gasteiger partial charge in [0.2, 0.25) is 0 Å². The van der Waals surface area contributed by atoms with Crippen molar-refractivity contribution in [2.45, 2.75) is 39.1 Å². The van der Waals surface area contributed by atoms with Gasteiger partial charge < -0.3 is 23.8 Å². The van der Waals surface area contributed by atoms with Crippen LogP contribution in [0.4, 0.5) is 0 Å². The maximum absolute atomic E-state index is 13.1. The van der Waals surface area contributed by atoms with E-state index in [9.17, 15) is 4.79 Å². The molecule has 1 aliphatic rings. The highest BCUT2D eigenvalue weighted by Crippen LogP contribution is 2.45. The number of amides is 1. The average molecular weight is 385 g/mol. The van der Waals surface area contributed by atoms with Gasteiger partial charge in [-0.25, -0.2) is 0 Å². The van der Waals surface area contributed by atoms with Crippen LogP contribution in [0.5, 0.6) is 17.2 Å². The van der Waals surface area contributed by atoms with Gasteiger partial charge in [0.25, 0.3) is 5.91 Å². The lowest BCUT2D eigenvalue weighted by Crippen LogP contribution is -2.35. The van der Waals surface area contributed by atoms with Crippen LogP contribution in [0, 0.1) is 0 Å². The van der Waals surface area contributed by atoms with Gasteiger partial charge in [-0.2, -0.15) is 0 Å². The molecule has 1 aliphatic heterocycles. The smallest absolute Gasteiger partial charge is 0.256 e. The van der Waals surface area contributed by atoms with Gasteiger partial charge in [0, 0.05) is 6.54 Å². The van der Waals surface area contributed by atoms with E-state index in [2.05, 4.69) is 0 Å². The Morgan fingerprint density at radius 3 is 2.18 bits per heavy atom. The van der Waals surface area contributed by atoms with Crippen LogP contribution in [0.3, 0.4) is 0 Å². The van der Waals surface area contributed by atoms with Gasteiger partial charge in [-0.1, -0.05) is 18.2 Å². The molecule has 2 aromatic carbocycles. The second-order valence-corrected chi connectivity index (χ2v) is 7.07. The molecule has 1 heterocycles. The molecule has 0 radical (unpaired) electrons. The van der Waals surface area contributed by atoms with E-state index in [0.29, 0.717) is 30.2 Å². The zero-order chi connectivity index (χ0) is 20.3. The molecule has 1 saturated heterocycles. The molecule has 2 aromatic rings. The van der Waals surface area contributed by atoms with Crippen LogP contribution in [0.15, 0.2) is 42.5 Å². The van der Waals surface area contributed by atoms with Crippen LogP contribution in [0.25, 0.3) is 0 Å². The summed E-state index contributed by atoms with van der Waals surface area (Å²) in [5, 5.41) is 0. The summed E-state index contributed by atoms with van der Waals surface area (Å²) in [6.07, 6.45) is -0.611. The first-order valence-electron chi connectivity index (χ1n) is 9.32. The molecule has 6 heteroatoms. The second-order valence-electron chi connectivity index (χ2n) is 7.07. The van der Waals surface area contributed by atoms with E-state index < -0.39 is 11.8 Å². The van der Waals surface area contributed by atoms with Crippen LogP contribution < -0.4 is 14.2 Å². The van der Waals surface area contributed by atoms with E-state index in [1.165, 1.54) is 0 Å². The number of rotatable bonds is 7. The van der Waals surface area contributed by atoms with Crippen LogP contribution in [-0.2, 0) is 16.1 Å². The lowest BCUT2D eigenvalue weighted by atomic mass is 10.1. The molecule has 6 nitrogen and oxygen atoms in total. The molecule has 1 fully saturated rings. The van der Waals surface area contributed by atoms with E-state index in [4.69, 9.17) is 18.9 Å². The molecular weight excluding hydrogens is 358 g/mol. The van der Waals surface area contributed by atoms with Crippen molar-refractivity contribution in [3.05, 3.63) is 53.6 Å². The predicted octanol–water partition coefficient (Wildman–Crippen LogP) is 3.94. The number of hydrogen-bond donors (Lipinski definition) is 0. The summed E-state index contributed by atoms with van der Waals surface area (Å²) in [7, 11) is 3.19. The van der Waals surface area contributed by atoms with E-state index in [1.54, 1.807) is 33.0 Å². The molecule has 0 aromatic heterocycles. The Bertz CT molecular complexity index is 809. The van der Waals surface area contributed by atoms with Crippen molar-refractivity contribution in [1.29, 1.82) is 0 Å². The fourth-order valence-electron chi connectivity index (χ4n) is 3.39. The van der Waals surface area contributed by atoms with Crippen molar-refractivity contribution < 1.29 is 23.7 Å². The monoisotopic (exact) mass is 385 g/mol. The molecule has 150 valence electrons. The van der Waals surface area contributed by atoms with Crippen LogP contribution in [-0.4, -0.2) is 37.2 Å². The summed E-state index contributed by atoms with van der Waals surface area (Å²) in [6, 6.07) is 13.3. The Hall–Kier alpha value is -2.73. The van der Waals surface area contributed by atoms with Crippen LogP contribution >= 0.6 is 0 Å². The van der Waals surface area contributed by atoms with Crippen molar-refractivity contribution >= 4 is 5.91 Å². The van der Waals surface area contributed by atoms with Crippen molar-refractivity contribution in [2.24, 2.45) is 0 Å². The van der Waals surface area contributed by atoms with Gasteiger partial charge in [0.15, 0.2) is 6.23 Å². The summed E-state index contributed by atoms with van der Waals surface area (Å²) in [5.74, 6) is 1.95. The number of carbonyl (C=O) groups is 1. The van der Waals surface area contributed by atoms with Gasteiger partial charge >= 0.3 is 0 Å². The molecule has 1 amide bonds. The normalized spacial score (nSPS) is 18.2. The summed E-state index contributed by atoms with van der Waals surface area (Å²) in [4.78, 5) is 14.8. The van der Waals surface area contributed by atoms with E-state index >= 15 is 0 Å². The van der Waals surface area contributed by atoms with Crippen molar-refractivity contribution in [3.63, 3.8) is 0 Å². The SMILES string of the molecule is CCOc1ccc(CN2C(=O)C(C)(C)OC2c2c(OC)cccc2OC)cc1. The third-order valence-corrected chi connectivity index (χ3v) is 4.77. The maximum atomic E-state index is 13.1. The summed E-state index contributed by atoms with van der Waals surface area (Å²) in [5.41, 5.74) is 0.747. The minimum Gasteiger partial charge on any atom is -0.496 e. The first kappa shape index (κ1) is 20.0. The number of ether oxygens (including phenoxy) is 4. The highest BCUT2D eigenvalue weighted by atomic mass is 16.6. The minimum absolute atomic E-state index is 0.0839. The van der Waals surface area contributed by atoms with E-state index in [0.717, 1.165) is 11.3 Å². The highest BCUT2D eigenvalue weighted by molar-refractivity contribution is 5.86. The number of methoxy groups -OCH3 is 2. The van der Waals surface area contributed by atoms with Crippen LogP contribution in [0.2, 0.25) is 0 Å². The summed E-state index contributed by atoms with van der Waals surface area (Å²) < 4.78 is 22.7. The Labute approximate surface area is 166 Å². The van der Waals surface area contributed by atoms with E-state index in [-0.39, 0.29) is 5.91 Å². The zero-order valence-corrected chi connectivity index (χ0v) is 17.0. The van der Waals surface area contributed by atoms with E-state index in [1.807, 2.05) is 49.4 Å². The first-order chi connectivity index (χ1) is 13.4. The fraction of sp³-hybridized carbons (Fsp3) is 0.409. The van der Waals surface area contributed by atoms with Gasteiger partial charge in [0.05, 0.1) is 26.4 Å². The standard InChI is InChI=1S/C22H27NO5/c1-6-27-16-12-10-15(11-13-16)14-23-20(28-22(2,3)21(23)24)19-17(25-4)8-7-9-18(19)26-5/h7-13,20H,6,14H2,1-5H3. The van der Waals surface area contributed by atoms with Crippen molar-refractivity contribution in [2.75, 3.05) is 20.8 Å². The topological polar surface area (TPSA) is 57.2 Å². The highest BCUT2D eigenvalue weighted by Gasteiger charge is 2.48. The predicted molar refractivity (Wildman–Crippen MR) is 106 cm³/mol. The van der Waals surface area contributed by atoms with Gasteiger partial charge in [-0.15, -0.1) is 0 Å². The average Bonchev–Trinajstić information content (AvgIpc) is 2.92. The molecular formula is C22H27NO5. The van der Waals surface area contributed by atoms with Gasteiger partial charge in [0.1, 0.15) is 22.8 Å². The Morgan fingerprint density at radius 2 is 1.64 bits per heavy atom. The third kappa shape index (κ3) is 3.78. The molecule has 0 saturated carbocycles. The van der Waals surface area contributed by atoms with Crippen molar-refractivity contribution in [3.8, 4) is 17.2 Å². The Kier molecular flexibility index (Phi) is 5.79. The number of nitrogens with zero attached hydrogens (tertiary/aromatic N) is 1. The Morgan fingerprint density at radius 1 is 1.04 bits per heavy atom. The van der Waals surface area contributed by atoms with Gasteiger partial charge in [-0.3, -0.25) is 4.79 Å². The van der Waals surface area contributed by atoms with Gasteiger partial charge in [-0.05, 0) is 50.6 Å². The molecule has 0 N–H and O–H groups in total. The Balaban J connectivity index is 1.97. The largest absolute Gasteiger partial charge is 0.496 e. The fourth-order valence-corrected chi connectivity index (χ4v) is 3.39. The summed E-state index contributed by atoms with van der Waals surface area (Å²) in [6.45, 7) is 6.52. The number of carbonyl (C=O) groups excluding carboxylic acids is 1. The molecule has 0 aliphatic carbocycles. The van der Waals surface area contributed by atoms with Crippen molar-refractivity contribution in [1.82, 2.24) is 4.90 Å². The number of benzene rings is 2. The zero-order valence-electron chi connectivity index (χ0n) is 17.0.